The van der Waals surface area contributed by atoms with Crippen LogP contribution >= 0.6 is 0 Å². The number of halogens is 1. The summed E-state index contributed by atoms with van der Waals surface area (Å²) >= 11 is 0. The molecular weight excluding hydrogens is 379 g/mol. The highest BCUT2D eigenvalue weighted by Gasteiger charge is 2.18. The highest BCUT2D eigenvalue weighted by Crippen LogP contribution is 2.28. The van der Waals surface area contributed by atoms with Gasteiger partial charge in [-0.05, 0) is 43.7 Å². The van der Waals surface area contributed by atoms with E-state index in [2.05, 4.69) is 17.8 Å². The van der Waals surface area contributed by atoms with Gasteiger partial charge in [-0.1, -0.05) is 25.5 Å². The van der Waals surface area contributed by atoms with E-state index in [4.69, 9.17) is 14.2 Å². The lowest BCUT2D eigenvalue weighted by atomic mass is 10.2. The molecule has 29 heavy (non-hydrogen) atoms. The average Bonchev–Trinajstić information content (AvgIpc) is 2.73. The number of para-hydroxylation sites is 1. The standard InChI is InChI=1S/C21H25FN2O5/c1-4-5-12-28-18-11-10-15(13-19(18)27-3)21(26)24-23-20(25)14(2)29-17-9-7-6-8-16(17)22/h6-11,13-14H,4-5,12H2,1-3H3,(H,23,25)(H,24,26)/t14-/m0/s1. The molecule has 2 rings (SSSR count). The smallest absolute Gasteiger partial charge is 0.279 e. The minimum atomic E-state index is -1.02. The van der Waals surface area contributed by atoms with Crippen molar-refractivity contribution in [2.45, 2.75) is 32.8 Å². The van der Waals surface area contributed by atoms with E-state index in [1.54, 1.807) is 18.2 Å². The molecule has 2 N–H and O–H groups in total. The molecule has 0 aromatic heterocycles. The van der Waals surface area contributed by atoms with Gasteiger partial charge in [0, 0.05) is 5.56 Å². The van der Waals surface area contributed by atoms with Crippen molar-refractivity contribution in [1.29, 1.82) is 0 Å². The van der Waals surface area contributed by atoms with Crippen molar-refractivity contribution in [3.63, 3.8) is 0 Å². The van der Waals surface area contributed by atoms with Crippen LogP contribution in [0.4, 0.5) is 4.39 Å². The van der Waals surface area contributed by atoms with Crippen LogP contribution in [0.15, 0.2) is 42.5 Å². The van der Waals surface area contributed by atoms with E-state index in [0.717, 1.165) is 12.8 Å². The van der Waals surface area contributed by atoms with Gasteiger partial charge in [0.25, 0.3) is 11.8 Å². The van der Waals surface area contributed by atoms with Crippen molar-refractivity contribution in [3.8, 4) is 17.2 Å². The summed E-state index contributed by atoms with van der Waals surface area (Å²) in [5.41, 5.74) is 4.82. The summed E-state index contributed by atoms with van der Waals surface area (Å²) in [6, 6.07) is 10.5. The summed E-state index contributed by atoms with van der Waals surface area (Å²) in [5, 5.41) is 0. The molecule has 0 saturated carbocycles. The first-order valence-electron chi connectivity index (χ1n) is 9.28. The van der Waals surface area contributed by atoms with E-state index >= 15 is 0 Å². The zero-order valence-corrected chi connectivity index (χ0v) is 16.7. The third-order valence-electron chi connectivity index (χ3n) is 3.99. The summed E-state index contributed by atoms with van der Waals surface area (Å²) < 4.78 is 29.8. The lowest BCUT2D eigenvalue weighted by Crippen LogP contribution is -2.47. The quantitative estimate of drug-likeness (QED) is 0.495. The van der Waals surface area contributed by atoms with Gasteiger partial charge in [0.15, 0.2) is 29.2 Å². The topological polar surface area (TPSA) is 85.9 Å². The molecule has 0 aliphatic carbocycles. The third kappa shape index (κ3) is 6.38. The molecule has 0 aliphatic heterocycles. The Balaban J connectivity index is 1.92. The fourth-order valence-corrected chi connectivity index (χ4v) is 2.33. The van der Waals surface area contributed by atoms with Crippen LogP contribution in [0.25, 0.3) is 0 Å². The van der Waals surface area contributed by atoms with E-state index in [1.165, 1.54) is 38.3 Å². The Bertz CT molecular complexity index is 844. The van der Waals surface area contributed by atoms with Gasteiger partial charge in [0.05, 0.1) is 13.7 Å². The molecule has 156 valence electrons. The van der Waals surface area contributed by atoms with Crippen LogP contribution in [0.5, 0.6) is 17.2 Å². The van der Waals surface area contributed by atoms with Gasteiger partial charge in [-0.15, -0.1) is 0 Å². The van der Waals surface area contributed by atoms with Gasteiger partial charge < -0.3 is 14.2 Å². The van der Waals surface area contributed by atoms with E-state index < -0.39 is 23.7 Å². The molecule has 0 aliphatic rings. The lowest BCUT2D eigenvalue weighted by molar-refractivity contribution is -0.128. The Labute approximate surface area is 169 Å². The van der Waals surface area contributed by atoms with Gasteiger partial charge in [-0.25, -0.2) is 4.39 Å². The normalized spacial score (nSPS) is 11.3. The molecule has 0 heterocycles. The second-order valence-electron chi connectivity index (χ2n) is 6.20. The number of amides is 2. The van der Waals surface area contributed by atoms with E-state index in [1.807, 2.05) is 0 Å². The Morgan fingerprint density at radius 1 is 1.07 bits per heavy atom. The maximum absolute atomic E-state index is 13.6. The summed E-state index contributed by atoms with van der Waals surface area (Å²) in [6.45, 7) is 4.05. The molecular formula is C21H25FN2O5. The van der Waals surface area contributed by atoms with Crippen molar-refractivity contribution in [2.75, 3.05) is 13.7 Å². The number of hydrogen-bond acceptors (Lipinski definition) is 5. The lowest BCUT2D eigenvalue weighted by Gasteiger charge is -2.16. The SMILES string of the molecule is CCCCOc1ccc(C(=O)NNC(=O)[C@H](C)Oc2ccccc2F)cc1OC. The molecule has 2 amide bonds. The number of hydrogen-bond donors (Lipinski definition) is 2. The molecule has 2 aromatic carbocycles. The molecule has 0 fully saturated rings. The number of methoxy groups -OCH3 is 1. The maximum Gasteiger partial charge on any atom is 0.279 e. The van der Waals surface area contributed by atoms with Gasteiger partial charge in [-0.2, -0.15) is 0 Å². The largest absolute Gasteiger partial charge is 0.493 e. The predicted molar refractivity (Wildman–Crippen MR) is 105 cm³/mol. The molecule has 0 saturated heterocycles. The van der Waals surface area contributed by atoms with Crippen molar-refractivity contribution >= 4 is 11.8 Å². The second kappa shape index (κ2) is 10.9. The summed E-state index contributed by atoms with van der Waals surface area (Å²) in [4.78, 5) is 24.4. The summed E-state index contributed by atoms with van der Waals surface area (Å²) in [7, 11) is 1.48. The first kappa shape index (κ1) is 22.0. The number of ether oxygens (including phenoxy) is 3. The van der Waals surface area contributed by atoms with Crippen LogP contribution < -0.4 is 25.1 Å². The first-order chi connectivity index (χ1) is 14.0. The van der Waals surface area contributed by atoms with Crippen molar-refractivity contribution in [2.24, 2.45) is 0 Å². The van der Waals surface area contributed by atoms with Crippen LogP contribution in [-0.4, -0.2) is 31.6 Å². The Kier molecular flexibility index (Phi) is 8.27. The number of carbonyl (C=O) groups is 2. The molecule has 0 unspecified atom stereocenters. The minimum absolute atomic E-state index is 0.0510. The monoisotopic (exact) mass is 404 g/mol. The van der Waals surface area contributed by atoms with Gasteiger partial charge in [0.2, 0.25) is 0 Å². The van der Waals surface area contributed by atoms with Crippen molar-refractivity contribution < 1.29 is 28.2 Å². The number of hydrazine groups is 1. The Morgan fingerprint density at radius 3 is 2.52 bits per heavy atom. The van der Waals surface area contributed by atoms with Gasteiger partial charge in [-0.3, -0.25) is 20.4 Å². The molecule has 0 radical (unpaired) electrons. The number of nitrogens with one attached hydrogen (secondary N) is 2. The molecule has 0 spiro atoms. The Hall–Kier alpha value is -3.29. The highest BCUT2D eigenvalue weighted by molar-refractivity contribution is 5.96. The van der Waals surface area contributed by atoms with Crippen LogP contribution in [-0.2, 0) is 4.79 Å². The molecule has 1 atom stereocenters. The van der Waals surface area contributed by atoms with E-state index in [-0.39, 0.29) is 11.3 Å². The second-order valence-corrected chi connectivity index (χ2v) is 6.20. The predicted octanol–water partition coefficient (Wildman–Crippen LogP) is 3.24. The van der Waals surface area contributed by atoms with Crippen LogP contribution in [0.2, 0.25) is 0 Å². The van der Waals surface area contributed by atoms with Crippen molar-refractivity contribution in [3.05, 3.63) is 53.8 Å². The maximum atomic E-state index is 13.6. The molecule has 0 bridgehead atoms. The van der Waals surface area contributed by atoms with Crippen LogP contribution in [0.3, 0.4) is 0 Å². The Morgan fingerprint density at radius 2 is 1.83 bits per heavy atom. The zero-order chi connectivity index (χ0) is 21.2. The van der Waals surface area contributed by atoms with Crippen LogP contribution in [0, 0.1) is 5.82 Å². The molecule has 2 aromatic rings. The fraction of sp³-hybridized carbons (Fsp3) is 0.333. The third-order valence-corrected chi connectivity index (χ3v) is 3.99. The minimum Gasteiger partial charge on any atom is -0.493 e. The number of benzene rings is 2. The van der Waals surface area contributed by atoms with E-state index in [9.17, 15) is 14.0 Å². The number of carbonyl (C=O) groups excluding carboxylic acids is 2. The number of rotatable bonds is 9. The fourth-order valence-electron chi connectivity index (χ4n) is 2.33. The van der Waals surface area contributed by atoms with Gasteiger partial charge in [0.1, 0.15) is 0 Å². The van der Waals surface area contributed by atoms with Gasteiger partial charge >= 0.3 is 0 Å². The van der Waals surface area contributed by atoms with Crippen LogP contribution in [0.1, 0.15) is 37.0 Å². The van der Waals surface area contributed by atoms with Crippen molar-refractivity contribution in [1.82, 2.24) is 10.9 Å². The molecule has 8 heteroatoms. The van der Waals surface area contributed by atoms with E-state index in [0.29, 0.717) is 18.1 Å². The number of unbranched alkanes of at least 4 members (excludes halogenated alkanes) is 1. The highest BCUT2D eigenvalue weighted by atomic mass is 19.1. The first-order valence-corrected chi connectivity index (χ1v) is 9.28. The summed E-state index contributed by atoms with van der Waals surface area (Å²) in [5.74, 6) is -0.859. The average molecular weight is 404 g/mol. The zero-order valence-electron chi connectivity index (χ0n) is 16.7. The summed E-state index contributed by atoms with van der Waals surface area (Å²) in [6.07, 6.45) is 0.891. The molecule has 7 nitrogen and oxygen atoms in total.